The van der Waals surface area contributed by atoms with Crippen molar-refractivity contribution < 1.29 is 9.53 Å². The zero-order valence-electron chi connectivity index (χ0n) is 13.1. The summed E-state index contributed by atoms with van der Waals surface area (Å²) in [7, 11) is 0. The van der Waals surface area contributed by atoms with E-state index in [0.29, 0.717) is 29.2 Å². The van der Waals surface area contributed by atoms with Crippen LogP contribution in [0.4, 0.5) is 0 Å². The summed E-state index contributed by atoms with van der Waals surface area (Å²) in [5.74, 6) is 0.461. The summed E-state index contributed by atoms with van der Waals surface area (Å²) in [5, 5.41) is 1.37. The standard InChI is InChI=1S/C17H22Cl2N2O2/c18-15-2-1-14(16(19)11-15)12-20-5-3-13(4-6-20)17(22)21-7-9-23-10-8-21/h1-2,11,13H,3-10,12H2. The van der Waals surface area contributed by atoms with Crippen LogP contribution in [0.25, 0.3) is 0 Å². The highest BCUT2D eigenvalue weighted by Gasteiger charge is 2.29. The summed E-state index contributed by atoms with van der Waals surface area (Å²) in [6, 6.07) is 5.64. The number of piperidine rings is 1. The van der Waals surface area contributed by atoms with Crippen molar-refractivity contribution in [3.8, 4) is 0 Å². The maximum absolute atomic E-state index is 12.5. The molecule has 126 valence electrons. The van der Waals surface area contributed by atoms with Gasteiger partial charge in [-0.3, -0.25) is 9.69 Å². The highest BCUT2D eigenvalue weighted by molar-refractivity contribution is 6.35. The SMILES string of the molecule is O=C(C1CCN(Cc2ccc(Cl)cc2Cl)CC1)N1CCOCC1. The number of likely N-dealkylation sites (tertiary alicyclic amines) is 1. The Morgan fingerprint density at radius 1 is 1.13 bits per heavy atom. The lowest BCUT2D eigenvalue weighted by Gasteiger charge is -2.35. The molecule has 0 bridgehead atoms. The van der Waals surface area contributed by atoms with Crippen LogP contribution in [-0.2, 0) is 16.1 Å². The number of hydrogen-bond donors (Lipinski definition) is 0. The van der Waals surface area contributed by atoms with Gasteiger partial charge < -0.3 is 9.64 Å². The van der Waals surface area contributed by atoms with E-state index in [4.69, 9.17) is 27.9 Å². The fraction of sp³-hybridized carbons (Fsp3) is 0.588. The largest absolute Gasteiger partial charge is 0.378 e. The summed E-state index contributed by atoms with van der Waals surface area (Å²) >= 11 is 12.2. The van der Waals surface area contributed by atoms with Crippen molar-refractivity contribution in [1.29, 1.82) is 0 Å². The summed E-state index contributed by atoms with van der Waals surface area (Å²) in [4.78, 5) is 16.8. The quantitative estimate of drug-likeness (QED) is 0.834. The molecular formula is C17H22Cl2N2O2. The minimum Gasteiger partial charge on any atom is -0.378 e. The number of morpholine rings is 1. The van der Waals surface area contributed by atoms with Crippen molar-refractivity contribution in [1.82, 2.24) is 9.80 Å². The van der Waals surface area contributed by atoms with Crippen molar-refractivity contribution in [3.05, 3.63) is 33.8 Å². The lowest BCUT2D eigenvalue weighted by atomic mass is 9.94. The fourth-order valence-electron chi connectivity index (χ4n) is 3.27. The maximum Gasteiger partial charge on any atom is 0.225 e. The van der Waals surface area contributed by atoms with Crippen molar-refractivity contribution in [2.24, 2.45) is 5.92 Å². The predicted molar refractivity (Wildman–Crippen MR) is 91.9 cm³/mol. The van der Waals surface area contributed by atoms with Crippen LogP contribution in [0.2, 0.25) is 10.0 Å². The Bertz CT molecular complexity index is 554. The summed E-state index contributed by atoms with van der Waals surface area (Å²) in [6.45, 7) is 5.48. The van der Waals surface area contributed by atoms with Crippen molar-refractivity contribution in [2.75, 3.05) is 39.4 Å². The van der Waals surface area contributed by atoms with Crippen LogP contribution in [0, 0.1) is 5.92 Å². The molecule has 2 fully saturated rings. The maximum atomic E-state index is 12.5. The predicted octanol–water partition coefficient (Wildman–Crippen LogP) is 3.06. The van der Waals surface area contributed by atoms with E-state index >= 15 is 0 Å². The van der Waals surface area contributed by atoms with E-state index in [1.54, 1.807) is 6.07 Å². The van der Waals surface area contributed by atoms with Crippen LogP contribution in [0.1, 0.15) is 18.4 Å². The second-order valence-corrected chi connectivity index (χ2v) is 7.07. The van der Waals surface area contributed by atoms with E-state index in [0.717, 1.165) is 51.1 Å². The van der Waals surface area contributed by atoms with Gasteiger partial charge in [-0.25, -0.2) is 0 Å². The van der Waals surface area contributed by atoms with Gasteiger partial charge in [0.15, 0.2) is 0 Å². The monoisotopic (exact) mass is 356 g/mol. The summed E-state index contributed by atoms with van der Waals surface area (Å²) < 4.78 is 5.32. The molecule has 1 aromatic rings. The smallest absolute Gasteiger partial charge is 0.225 e. The number of nitrogens with zero attached hydrogens (tertiary/aromatic N) is 2. The molecule has 2 saturated heterocycles. The molecule has 0 radical (unpaired) electrons. The van der Waals surface area contributed by atoms with Crippen LogP contribution in [0.15, 0.2) is 18.2 Å². The Morgan fingerprint density at radius 3 is 2.48 bits per heavy atom. The first-order chi connectivity index (χ1) is 11.1. The molecule has 4 nitrogen and oxygen atoms in total. The average molecular weight is 357 g/mol. The van der Waals surface area contributed by atoms with Gasteiger partial charge in [0.2, 0.25) is 5.91 Å². The molecule has 0 saturated carbocycles. The Morgan fingerprint density at radius 2 is 1.83 bits per heavy atom. The molecule has 0 aliphatic carbocycles. The highest BCUT2D eigenvalue weighted by atomic mass is 35.5. The normalized spacial score (nSPS) is 20.7. The van der Waals surface area contributed by atoms with Gasteiger partial charge in [0, 0.05) is 35.6 Å². The molecule has 23 heavy (non-hydrogen) atoms. The molecule has 1 amide bonds. The van der Waals surface area contributed by atoms with Gasteiger partial charge in [-0.2, -0.15) is 0 Å². The Labute approximate surface area is 147 Å². The van der Waals surface area contributed by atoms with E-state index in [-0.39, 0.29) is 5.92 Å². The van der Waals surface area contributed by atoms with Gasteiger partial charge in [-0.1, -0.05) is 29.3 Å². The molecule has 1 aromatic carbocycles. The first-order valence-electron chi connectivity index (χ1n) is 8.16. The van der Waals surface area contributed by atoms with Gasteiger partial charge in [0.05, 0.1) is 13.2 Å². The second kappa shape index (κ2) is 7.84. The molecule has 0 N–H and O–H groups in total. The van der Waals surface area contributed by atoms with Crippen molar-refractivity contribution in [2.45, 2.75) is 19.4 Å². The molecule has 2 heterocycles. The van der Waals surface area contributed by atoms with Crippen LogP contribution in [0.3, 0.4) is 0 Å². The Hall–Kier alpha value is -0.810. The van der Waals surface area contributed by atoms with E-state index < -0.39 is 0 Å². The van der Waals surface area contributed by atoms with Crippen LogP contribution >= 0.6 is 23.2 Å². The number of hydrogen-bond acceptors (Lipinski definition) is 3. The van der Waals surface area contributed by atoms with Crippen molar-refractivity contribution >= 4 is 29.1 Å². The van der Waals surface area contributed by atoms with Crippen LogP contribution in [0.5, 0.6) is 0 Å². The third-order valence-electron chi connectivity index (χ3n) is 4.67. The van der Waals surface area contributed by atoms with Gasteiger partial charge in [0.1, 0.15) is 0 Å². The van der Waals surface area contributed by atoms with E-state index in [2.05, 4.69) is 4.90 Å². The molecule has 0 aromatic heterocycles. The topological polar surface area (TPSA) is 32.8 Å². The van der Waals surface area contributed by atoms with E-state index in [1.165, 1.54) is 0 Å². The lowest BCUT2D eigenvalue weighted by molar-refractivity contribution is -0.141. The molecule has 2 aliphatic rings. The van der Waals surface area contributed by atoms with Gasteiger partial charge >= 0.3 is 0 Å². The minimum absolute atomic E-state index is 0.157. The number of amides is 1. The Kier molecular flexibility index (Phi) is 5.81. The Balaban J connectivity index is 1.51. The zero-order chi connectivity index (χ0) is 16.2. The molecule has 0 unspecified atom stereocenters. The minimum atomic E-state index is 0.157. The van der Waals surface area contributed by atoms with Crippen molar-refractivity contribution in [3.63, 3.8) is 0 Å². The number of benzene rings is 1. The lowest BCUT2D eigenvalue weighted by Crippen LogP contribution is -2.46. The second-order valence-electron chi connectivity index (χ2n) is 6.22. The zero-order valence-corrected chi connectivity index (χ0v) is 14.7. The number of carbonyl (C=O) groups excluding carboxylic acids is 1. The van der Waals surface area contributed by atoms with Gasteiger partial charge in [0.25, 0.3) is 0 Å². The molecule has 6 heteroatoms. The number of rotatable bonds is 3. The highest BCUT2D eigenvalue weighted by Crippen LogP contribution is 2.25. The number of carbonyl (C=O) groups is 1. The molecule has 0 spiro atoms. The summed E-state index contributed by atoms with van der Waals surface area (Å²) in [5.41, 5.74) is 1.09. The van der Waals surface area contributed by atoms with E-state index in [9.17, 15) is 4.79 Å². The van der Waals surface area contributed by atoms with E-state index in [1.807, 2.05) is 17.0 Å². The third-order valence-corrected chi connectivity index (χ3v) is 5.26. The number of halogens is 2. The molecule has 2 aliphatic heterocycles. The van der Waals surface area contributed by atoms with Crippen LogP contribution in [-0.4, -0.2) is 55.1 Å². The average Bonchev–Trinajstić information content (AvgIpc) is 2.58. The first kappa shape index (κ1) is 17.0. The van der Waals surface area contributed by atoms with Gasteiger partial charge in [-0.05, 0) is 43.6 Å². The first-order valence-corrected chi connectivity index (χ1v) is 8.92. The van der Waals surface area contributed by atoms with Crippen LogP contribution < -0.4 is 0 Å². The molecule has 0 atom stereocenters. The molecular weight excluding hydrogens is 335 g/mol. The fourth-order valence-corrected chi connectivity index (χ4v) is 3.74. The molecule has 3 rings (SSSR count). The van der Waals surface area contributed by atoms with Gasteiger partial charge in [-0.15, -0.1) is 0 Å². The third kappa shape index (κ3) is 4.38. The summed E-state index contributed by atoms with van der Waals surface area (Å²) in [6.07, 6.45) is 1.84. The number of ether oxygens (including phenoxy) is 1.